The number of hydrogen-bond acceptors (Lipinski definition) is 5. The first-order valence-corrected chi connectivity index (χ1v) is 8.80. The van der Waals surface area contributed by atoms with Crippen molar-refractivity contribution in [2.75, 3.05) is 17.1 Å². The number of aryl methyl sites for hydroxylation is 4. The van der Waals surface area contributed by atoms with Gasteiger partial charge in [0.15, 0.2) is 5.13 Å². The van der Waals surface area contributed by atoms with Gasteiger partial charge < -0.3 is 5.32 Å². The van der Waals surface area contributed by atoms with Gasteiger partial charge in [-0.1, -0.05) is 0 Å². The molecule has 0 atom stereocenters. The largest absolute Gasteiger partial charge is 0.388 e. The molecule has 0 aliphatic rings. The van der Waals surface area contributed by atoms with E-state index in [1.54, 1.807) is 13.8 Å². The monoisotopic (exact) mass is 325 g/mol. The Bertz CT molecular complexity index is 737. The third-order valence-corrected chi connectivity index (χ3v) is 6.03. The molecular formula is C14H19N3O2S2. The van der Waals surface area contributed by atoms with E-state index in [-0.39, 0.29) is 0 Å². The van der Waals surface area contributed by atoms with Gasteiger partial charge in [0.05, 0.1) is 10.6 Å². The van der Waals surface area contributed by atoms with Crippen LogP contribution in [-0.2, 0) is 10.0 Å². The highest BCUT2D eigenvalue weighted by Gasteiger charge is 2.21. The summed E-state index contributed by atoms with van der Waals surface area (Å²) in [7, 11) is -1.83. The Morgan fingerprint density at radius 3 is 2.10 bits per heavy atom. The zero-order valence-electron chi connectivity index (χ0n) is 12.7. The Kier molecular flexibility index (Phi) is 4.25. The maximum absolute atomic E-state index is 12.6. The van der Waals surface area contributed by atoms with Crippen LogP contribution in [0.25, 0.3) is 0 Å². The molecule has 1 heterocycles. The van der Waals surface area contributed by atoms with Gasteiger partial charge in [-0.15, -0.1) is 11.3 Å². The highest BCUT2D eigenvalue weighted by atomic mass is 32.2. The zero-order valence-corrected chi connectivity index (χ0v) is 14.4. The Hall–Kier alpha value is -1.60. The number of rotatable bonds is 4. The molecule has 0 amide bonds. The molecule has 5 nitrogen and oxygen atoms in total. The van der Waals surface area contributed by atoms with Gasteiger partial charge in [0, 0.05) is 17.6 Å². The Balaban J connectivity index is 2.44. The number of aromatic nitrogens is 1. The van der Waals surface area contributed by atoms with Crippen molar-refractivity contribution in [3.8, 4) is 0 Å². The van der Waals surface area contributed by atoms with E-state index in [9.17, 15) is 8.42 Å². The molecule has 0 spiro atoms. The molecule has 1 aromatic carbocycles. The van der Waals surface area contributed by atoms with E-state index >= 15 is 0 Å². The first kappa shape index (κ1) is 15.8. The summed E-state index contributed by atoms with van der Waals surface area (Å²) < 4.78 is 27.8. The van der Waals surface area contributed by atoms with Crippen LogP contribution >= 0.6 is 11.3 Å². The molecule has 0 radical (unpaired) electrons. The average molecular weight is 325 g/mol. The summed E-state index contributed by atoms with van der Waals surface area (Å²) in [6, 6.07) is 3.64. The first-order valence-electron chi connectivity index (χ1n) is 6.50. The Labute approximate surface area is 129 Å². The normalized spacial score (nSPS) is 11.5. The quantitative estimate of drug-likeness (QED) is 0.905. The van der Waals surface area contributed by atoms with Crippen molar-refractivity contribution < 1.29 is 8.42 Å². The lowest BCUT2D eigenvalue weighted by molar-refractivity contribution is 0.600. The molecule has 2 rings (SSSR count). The number of nitrogens with one attached hydrogen (secondary N) is 2. The predicted molar refractivity (Wildman–Crippen MR) is 87.9 cm³/mol. The van der Waals surface area contributed by atoms with Crippen LogP contribution in [0.4, 0.5) is 10.8 Å². The van der Waals surface area contributed by atoms with Crippen LogP contribution < -0.4 is 10.0 Å². The number of thiazole rings is 1. The molecular weight excluding hydrogens is 306 g/mol. The topological polar surface area (TPSA) is 71.1 Å². The van der Waals surface area contributed by atoms with E-state index in [1.165, 1.54) is 11.3 Å². The minimum Gasteiger partial charge on any atom is -0.388 e. The molecule has 0 unspecified atom stereocenters. The number of anilines is 2. The van der Waals surface area contributed by atoms with Crippen LogP contribution in [0.2, 0.25) is 0 Å². The maximum atomic E-state index is 12.6. The summed E-state index contributed by atoms with van der Waals surface area (Å²) in [5, 5.41) is 3.43. The third-order valence-electron chi connectivity index (χ3n) is 3.27. The lowest BCUT2D eigenvalue weighted by Crippen LogP contribution is -2.16. The number of nitrogens with zero attached hydrogens (tertiary/aromatic N) is 1. The van der Waals surface area contributed by atoms with Crippen LogP contribution in [0.5, 0.6) is 0 Å². The average Bonchev–Trinajstić information content (AvgIpc) is 2.65. The summed E-state index contributed by atoms with van der Waals surface area (Å²) in [5.74, 6) is 0. The summed E-state index contributed by atoms with van der Waals surface area (Å²) in [6.45, 7) is 7.37. The SMILES string of the molecule is CNc1cc(C)c(S(=O)(=O)Nc2nc(C)c(C)s2)c(C)c1. The minimum atomic E-state index is -3.63. The van der Waals surface area contributed by atoms with Crippen LogP contribution in [-0.4, -0.2) is 20.4 Å². The van der Waals surface area contributed by atoms with Crippen LogP contribution in [0.15, 0.2) is 17.0 Å². The summed E-state index contributed by atoms with van der Waals surface area (Å²) in [4.78, 5) is 5.55. The smallest absolute Gasteiger partial charge is 0.264 e. The summed E-state index contributed by atoms with van der Waals surface area (Å²) >= 11 is 1.34. The molecule has 0 fully saturated rings. The molecule has 7 heteroatoms. The lowest BCUT2D eigenvalue weighted by Gasteiger charge is -2.13. The van der Waals surface area contributed by atoms with Crippen molar-refractivity contribution in [2.24, 2.45) is 0 Å². The molecule has 2 N–H and O–H groups in total. The highest BCUT2D eigenvalue weighted by Crippen LogP contribution is 2.28. The van der Waals surface area contributed by atoms with E-state index in [0.29, 0.717) is 21.2 Å². The first-order chi connectivity index (χ1) is 9.74. The second-order valence-electron chi connectivity index (χ2n) is 4.96. The van der Waals surface area contributed by atoms with Crippen LogP contribution in [0.1, 0.15) is 21.7 Å². The highest BCUT2D eigenvalue weighted by molar-refractivity contribution is 7.93. The molecule has 0 saturated heterocycles. The molecule has 2 aromatic rings. The molecule has 21 heavy (non-hydrogen) atoms. The van der Waals surface area contributed by atoms with Crippen molar-refractivity contribution >= 4 is 32.2 Å². The zero-order chi connectivity index (χ0) is 15.8. The van der Waals surface area contributed by atoms with Crippen molar-refractivity contribution in [1.82, 2.24) is 4.98 Å². The van der Waals surface area contributed by atoms with Gasteiger partial charge in [-0.05, 0) is 51.0 Å². The van der Waals surface area contributed by atoms with E-state index in [1.807, 2.05) is 33.0 Å². The van der Waals surface area contributed by atoms with Crippen molar-refractivity contribution in [3.05, 3.63) is 33.8 Å². The Morgan fingerprint density at radius 2 is 1.67 bits per heavy atom. The minimum absolute atomic E-state index is 0.312. The van der Waals surface area contributed by atoms with Gasteiger partial charge in [-0.2, -0.15) is 0 Å². The fourth-order valence-corrected chi connectivity index (χ4v) is 4.71. The van der Waals surface area contributed by atoms with E-state index in [4.69, 9.17) is 0 Å². The summed E-state index contributed by atoms with van der Waals surface area (Å²) in [6.07, 6.45) is 0. The van der Waals surface area contributed by atoms with Gasteiger partial charge in [0.25, 0.3) is 10.0 Å². The lowest BCUT2D eigenvalue weighted by atomic mass is 10.1. The van der Waals surface area contributed by atoms with Gasteiger partial charge >= 0.3 is 0 Å². The van der Waals surface area contributed by atoms with E-state index in [0.717, 1.165) is 16.3 Å². The van der Waals surface area contributed by atoms with Crippen LogP contribution in [0, 0.1) is 27.7 Å². The fraction of sp³-hybridized carbons (Fsp3) is 0.357. The molecule has 0 saturated carbocycles. The van der Waals surface area contributed by atoms with Gasteiger partial charge in [-0.25, -0.2) is 13.4 Å². The molecule has 0 bridgehead atoms. The summed E-state index contributed by atoms with van der Waals surface area (Å²) in [5.41, 5.74) is 3.15. The molecule has 114 valence electrons. The van der Waals surface area contributed by atoms with Crippen molar-refractivity contribution in [2.45, 2.75) is 32.6 Å². The van der Waals surface area contributed by atoms with Crippen molar-refractivity contribution in [1.29, 1.82) is 0 Å². The predicted octanol–water partition coefficient (Wildman–Crippen LogP) is 3.22. The standard InChI is InChI=1S/C14H19N3O2S2/c1-8-6-12(15-5)7-9(2)13(8)21(18,19)17-14-16-10(3)11(4)20-14/h6-7,15H,1-5H3,(H,16,17). The fourth-order valence-electron chi connectivity index (χ4n) is 2.20. The van der Waals surface area contributed by atoms with Gasteiger partial charge in [0.2, 0.25) is 0 Å². The molecule has 0 aliphatic heterocycles. The van der Waals surface area contributed by atoms with Crippen molar-refractivity contribution in [3.63, 3.8) is 0 Å². The second kappa shape index (κ2) is 5.65. The Morgan fingerprint density at radius 1 is 1.10 bits per heavy atom. The van der Waals surface area contributed by atoms with Crippen LogP contribution in [0.3, 0.4) is 0 Å². The number of hydrogen-bond donors (Lipinski definition) is 2. The number of sulfonamides is 1. The molecule has 1 aromatic heterocycles. The van der Waals surface area contributed by atoms with Gasteiger partial charge in [0.1, 0.15) is 0 Å². The third kappa shape index (κ3) is 3.19. The molecule has 0 aliphatic carbocycles. The van der Waals surface area contributed by atoms with E-state index < -0.39 is 10.0 Å². The maximum Gasteiger partial charge on any atom is 0.264 e. The van der Waals surface area contributed by atoms with E-state index in [2.05, 4.69) is 15.0 Å². The van der Waals surface area contributed by atoms with Gasteiger partial charge in [-0.3, -0.25) is 4.72 Å². The second-order valence-corrected chi connectivity index (χ2v) is 7.78. The number of benzene rings is 1.